The Labute approximate surface area is 188 Å². The molecule has 2 aliphatic heterocycles. The second kappa shape index (κ2) is 10.3. The minimum atomic E-state index is 0.106. The first-order valence-electron chi connectivity index (χ1n) is 10.8. The fourth-order valence-corrected chi connectivity index (χ4v) is 4.30. The van der Waals surface area contributed by atoms with E-state index in [1.165, 1.54) is 0 Å². The number of amides is 1. The van der Waals surface area contributed by atoms with Gasteiger partial charge in [0.25, 0.3) is 0 Å². The third-order valence-corrected chi connectivity index (χ3v) is 6.37. The molecule has 0 unspecified atom stereocenters. The van der Waals surface area contributed by atoms with Crippen molar-refractivity contribution in [3.05, 3.63) is 47.0 Å². The molecule has 1 amide bonds. The molecule has 2 aliphatic rings. The number of aliphatic hydroxyl groups is 1. The first kappa shape index (κ1) is 21.8. The summed E-state index contributed by atoms with van der Waals surface area (Å²) in [5.74, 6) is 1.84. The van der Waals surface area contributed by atoms with Gasteiger partial charge in [-0.3, -0.25) is 9.69 Å². The molecule has 2 aromatic rings. The Morgan fingerprint density at radius 1 is 0.871 bits per heavy atom. The monoisotopic (exact) mass is 444 g/mol. The van der Waals surface area contributed by atoms with Crippen LogP contribution in [0.15, 0.2) is 36.4 Å². The summed E-state index contributed by atoms with van der Waals surface area (Å²) in [5, 5.41) is 18.6. The van der Waals surface area contributed by atoms with Crippen molar-refractivity contribution in [2.45, 2.75) is 6.42 Å². The molecule has 0 spiro atoms. The maximum atomic E-state index is 12.6. The molecule has 1 aromatic carbocycles. The zero-order valence-corrected chi connectivity index (χ0v) is 18.4. The van der Waals surface area contributed by atoms with Gasteiger partial charge in [0.15, 0.2) is 11.6 Å². The highest BCUT2D eigenvalue weighted by Crippen LogP contribution is 2.19. The molecule has 2 saturated heterocycles. The smallest absolute Gasteiger partial charge is 0.227 e. The highest BCUT2D eigenvalue weighted by Gasteiger charge is 2.23. The lowest BCUT2D eigenvalue weighted by Crippen LogP contribution is -2.49. The molecule has 1 aromatic heterocycles. The Morgan fingerprint density at radius 2 is 1.45 bits per heavy atom. The number of hydrogen-bond donors (Lipinski definition) is 1. The first-order valence-corrected chi connectivity index (χ1v) is 11.2. The molecule has 0 aliphatic carbocycles. The van der Waals surface area contributed by atoms with Crippen LogP contribution in [0.2, 0.25) is 5.02 Å². The van der Waals surface area contributed by atoms with Crippen LogP contribution in [0.1, 0.15) is 5.56 Å². The van der Waals surface area contributed by atoms with Crippen LogP contribution in [0.5, 0.6) is 0 Å². The van der Waals surface area contributed by atoms with Crippen LogP contribution < -0.4 is 9.80 Å². The highest BCUT2D eigenvalue weighted by atomic mass is 35.5. The number of benzene rings is 1. The number of carbonyl (C=O) groups is 1. The number of anilines is 2. The van der Waals surface area contributed by atoms with Crippen molar-refractivity contribution in [3.63, 3.8) is 0 Å². The normalized spacial score (nSPS) is 17.8. The van der Waals surface area contributed by atoms with Crippen LogP contribution in [-0.2, 0) is 11.2 Å². The lowest BCUT2D eigenvalue weighted by molar-refractivity contribution is -0.130. The van der Waals surface area contributed by atoms with Crippen LogP contribution >= 0.6 is 11.6 Å². The second-order valence-corrected chi connectivity index (χ2v) is 8.35. The van der Waals surface area contributed by atoms with Gasteiger partial charge in [-0.25, -0.2) is 0 Å². The number of hydrogen-bond acceptors (Lipinski definition) is 7. The van der Waals surface area contributed by atoms with Crippen molar-refractivity contribution in [1.82, 2.24) is 20.0 Å². The van der Waals surface area contributed by atoms with Gasteiger partial charge < -0.3 is 19.8 Å². The van der Waals surface area contributed by atoms with E-state index in [1.54, 1.807) is 0 Å². The lowest BCUT2D eigenvalue weighted by atomic mass is 10.1. The number of rotatable bonds is 6. The van der Waals surface area contributed by atoms with Gasteiger partial charge in [-0.1, -0.05) is 29.8 Å². The minimum absolute atomic E-state index is 0.106. The molecule has 3 heterocycles. The summed E-state index contributed by atoms with van der Waals surface area (Å²) in [7, 11) is 0. The SMILES string of the molecule is O=C(Cc1ccccc1Cl)N1CCN(c2ccc(N3CCN(CCO)CC3)nn2)CC1. The third kappa shape index (κ3) is 5.44. The third-order valence-electron chi connectivity index (χ3n) is 6.00. The van der Waals surface area contributed by atoms with Gasteiger partial charge in [0.1, 0.15) is 0 Å². The minimum Gasteiger partial charge on any atom is -0.395 e. The second-order valence-electron chi connectivity index (χ2n) is 7.94. The molecule has 1 N–H and O–H groups in total. The molecule has 0 radical (unpaired) electrons. The molecule has 2 fully saturated rings. The molecular weight excluding hydrogens is 416 g/mol. The van der Waals surface area contributed by atoms with Crippen LogP contribution in [0.25, 0.3) is 0 Å². The molecule has 0 saturated carbocycles. The van der Waals surface area contributed by atoms with E-state index < -0.39 is 0 Å². The molecule has 4 rings (SSSR count). The number of aromatic nitrogens is 2. The zero-order valence-electron chi connectivity index (χ0n) is 17.7. The number of halogens is 1. The lowest BCUT2D eigenvalue weighted by Gasteiger charge is -2.36. The number of aliphatic hydroxyl groups excluding tert-OH is 1. The van der Waals surface area contributed by atoms with Gasteiger partial charge >= 0.3 is 0 Å². The molecular formula is C22H29ClN6O2. The quantitative estimate of drug-likeness (QED) is 0.715. The summed E-state index contributed by atoms with van der Waals surface area (Å²) in [6.07, 6.45) is 0.333. The van der Waals surface area contributed by atoms with Gasteiger partial charge in [-0.2, -0.15) is 0 Å². The van der Waals surface area contributed by atoms with E-state index in [4.69, 9.17) is 16.7 Å². The molecule has 166 valence electrons. The van der Waals surface area contributed by atoms with Crippen LogP contribution in [0, 0.1) is 0 Å². The molecule has 9 heteroatoms. The maximum absolute atomic E-state index is 12.6. The van der Waals surface area contributed by atoms with E-state index in [0.29, 0.717) is 24.5 Å². The van der Waals surface area contributed by atoms with Gasteiger partial charge in [-0.05, 0) is 23.8 Å². The molecule has 0 atom stereocenters. The predicted molar refractivity (Wildman–Crippen MR) is 122 cm³/mol. The number of piperazine rings is 2. The summed E-state index contributed by atoms with van der Waals surface area (Å²) < 4.78 is 0. The van der Waals surface area contributed by atoms with Crippen molar-refractivity contribution >= 4 is 29.1 Å². The van der Waals surface area contributed by atoms with Crippen molar-refractivity contribution in [2.24, 2.45) is 0 Å². The van der Waals surface area contributed by atoms with E-state index in [0.717, 1.165) is 63.0 Å². The predicted octanol–water partition coefficient (Wildman–Crippen LogP) is 1.14. The van der Waals surface area contributed by atoms with Crippen LogP contribution in [0.4, 0.5) is 11.6 Å². The average molecular weight is 445 g/mol. The van der Waals surface area contributed by atoms with Gasteiger partial charge in [0.05, 0.1) is 13.0 Å². The molecule has 8 nitrogen and oxygen atoms in total. The Morgan fingerprint density at radius 3 is 2.00 bits per heavy atom. The number of β-amino-alcohol motifs (C(OH)–C–C–N with tert-alkyl or cyclic N) is 1. The first-order chi connectivity index (χ1) is 15.1. The Balaban J connectivity index is 1.27. The van der Waals surface area contributed by atoms with Crippen molar-refractivity contribution < 1.29 is 9.90 Å². The Kier molecular flexibility index (Phi) is 7.21. The summed E-state index contributed by atoms with van der Waals surface area (Å²) in [5.41, 5.74) is 0.871. The molecule has 31 heavy (non-hydrogen) atoms. The highest BCUT2D eigenvalue weighted by molar-refractivity contribution is 6.31. The number of carbonyl (C=O) groups excluding carboxylic acids is 1. The summed E-state index contributed by atoms with van der Waals surface area (Å²) in [6, 6.07) is 11.5. The van der Waals surface area contributed by atoms with E-state index in [1.807, 2.05) is 41.3 Å². The van der Waals surface area contributed by atoms with Gasteiger partial charge in [-0.15, -0.1) is 10.2 Å². The zero-order chi connectivity index (χ0) is 21.6. The van der Waals surface area contributed by atoms with Crippen molar-refractivity contribution in [1.29, 1.82) is 0 Å². The maximum Gasteiger partial charge on any atom is 0.227 e. The summed E-state index contributed by atoms with van der Waals surface area (Å²) in [4.78, 5) is 21.2. The van der Waals surface area contributed by atoms with Gasteiger partial charge in [0, 0.05) is 63.9 Å². The van der Waals surface area contributed by atoms with E-state index >= 15 is 0 Å². The van der Waals surface area contributed by atoms with Crippen LogP contribution in [0.3, 0.4) is 0 Å². The standard InChI is InChI=1S/C22H29ClN6O2/c23-19-4-2-1-3-18(19)17-22(31)29-13-11-28(12-14-29)21-6-5-20(24-25-21)27-9-7-26(8-10-27)15-16-30/h1-6,30H,7-17H2. The fourth-order valence-electron chi connectivity index (χ4n) is 4.10. The largest absolute Gasteiger partial charge is 0.395 e. The number of nitrogens with zero attached hydrogens (tertiary/aromatic N) is 6. The Hall–Kier alpha value is -2.42. The van der Waals surface area contributed by atoms with E-state index in [9.17, 15) is 4.79 Å². The summed E-state index contributed by atoms with van der Waals surface area (Å²) >= 11 is 6.19. The van der Waals surface area contributed by atoms with Gasteiger partial charge in [0.2, 0.25) is 5.91 Å². The van der Waals surface area contributed by atoms with Crippen molar-refractivity contribution in [3.8, 4) is 0 Å². The Bertz CT molecular complexity index is 865. The van der Waals surface area contributed by atoms with Crippen LogP contribution in [-0.4, -0.2) is 96.5 Å². The topological polar surface area (TPSA) is 76.0 Å². The van der Waals surface area contributed by atoms with E-state index in [-0.39, 0.29) is 12.5 Å². The summed E-state index contributed by atoms with van der Waals surface area (Å²) in [6.45, 7) is 7.37. The molecule has 0 bridgehead atoms. The van der Waals surface area contributed by atoms with Crippen molar-refractivity contribution in [2.75, 3.05) is 75.3 Å². The average Bonchev–Trinajstić information content (AvgIpc) is 2.81. The van der Waals surface area contributed by atoms with E-state index in [2.05, 4.69) is 24.9 Å². The fraction of sp³-hybridized carbons (Fsp3) is 0.500.